The Kier molecular flexibility index (Phi) is 3.54. The van der Waals surface area contributed by atoms with E-state index in [2.05, 4.69) is 10.3 Å². The van der Waals surface area contributed by atoms with E-state index in [1.807, 2.05) is 13.0 Å². The summed E-state index contributed by atoms with van der Waals surface area (Å²) in [5.74, 6) is 0.390. The van der Waals surface area contributed by atoms with Crippen LogP contribution in [-0.2, 0) is 4.74 Å². The van der Waals surface area contributed by atoms with Gasteiger partial charge in [-0.2, -0.15) is 0 Å². The molecule has 1 saturated heterocycles. The Balaban J connectivity index is 1.93. The van der Waals surface area contributed by atoms with Crippen LogP contribution in [0.2, 0.25) is 0 Å². The number of benzene rings is 1. The lowest BCUT2D eigenvalue weighted by Gasteiger charge is -2.20. The highest BCUT2D eigenvalue weighted by atomic mass is 32.1. The van der Waals surface area contributed by atoms with Crippen molar-refractivity contribution < 1.29 is 9.66 Å². The number of nitrogens with one attached hydrogen (secondary N) is 1. The van der Waals surface area contributed by atoms with Gasteiger partial charge in [-0.05, 0) is 25.5 Å². The van der Waals surface area contributed by atoms with Crippen molar-refractivity contribution in [3.63, 3.8) is 0 Å². The van der Waals surface area contributed by atoms with Crippen LogP contribution in [0, 0.1) is 16.0 Å². The summed E-state index contributed by atoms with van der Waals surface area (Å²) >= 11 is 1.41. The van der Waals surface area contributed by atoms with E-state index in [1.165, 1.54) is 11.3 Å². The number of hydrogen-bond acceptors (Lipinski definition) is 6. The maximum absolute atomic E-state index is 11.3. The predicted octanol–water partition coefficient (Wildman–Crippen LogP) is 3.04. The number of aromatic nitrogens is 1. The molecule has 2 atom stereocenters. The summed E-state index contributed by atoms with van der Waals surface area (Å²) < 4.78 is 6.20. The Bertz CT molecular complexity index is 637. The number of hydrogen-bond donors (Lipinski definition) is 1. The third-order valence-corrected chi connectivity index (χ3v) is 4.51. The number of ether oxygens (including phenoxy) is 1. The van der Waals surface area contributed by atoms with Crippen LogP contribution in [0.1, 0.15) is 13.3 Å². The van der Waals surface area contributed by atoms with E-state index in [0.717, 1.165) is 17.7 Å². The molecular formula is C13H15N3O3S. The van der Waals surface area contributed by atoms with E-state index in [0.29, 0.717) is 23.7 Å². The van der Waals surface area contributed by atoms with Gasteiger partial charge >= 0.3 is 5.69 Å². The fourth-order valence-electron chi connectivity index (χ4n) is 2.53. The van der Waals surface area contributed by atoms with Crippen LogP contribution >= 0.6 is 11.3 Å². The highest BCUT2D eigenvalue weighted by Crippen LogP contribution is 2.35. The van der Waals surface area contributed by atoms with Crippen LogP contribution in [-0.4, -0.2) is 29.2 Å². The van der Waals surface area contributed by atoms with E-state index in [4.69, 9.17) is 4.74 Å². The highest BCUT2D eigenvalue weighted by molar-refractivity contribution is 7.16. The smallest absolute Gasteiger partial charge is 0.319 e. The lowest BCUT2D eigenvalue weighted by molar-refractivity contribution is -0.382. The minimum atomic E-state index is -0.359. The van der Waals surface area contributed by atoms with Gasteiger partial charge in [0.1, 0.15) is 5.69 Å². The molecule has 0 bridgehead atoms. The first-order chi connectivity index (χ1) is 9.66. The van der Waals surface area contributed by atoms with Crippen LogP contribution in [0.4, 0.5) is 11.4 Å². The quantitative estimate of drug-likeness (QED) is 0.692. The Hall–Kier alpha value is -1.73. The minimum Gasteiger partial charge on any atom is -0.381 e. The van der Waals surface area contributed by atoms with Crippen molar-refractivity contribution in [2.45, 2.75) is 19.4 Å². The molecule has 6 nitrogen and oxygen atoms in total. The number of nitrogens with zero attached hydrogens (tertiary/aromatic N) is 2. The number of rotatable bonds is 4. The van der Waals surface area contributed by atoms with Crippen LogP contribution in [0.15, 0.2) is 17.6 Å². The van der Waals surface area contributed by atoms with Gasteiger partial charge < -0.3 is 10.1 Å². The second-order valence-corrected chi connectivity index (χ2v) is 5.86. The number of nitro groups is 1. The van der Waals surface area contributed by atoms with Gasteiger partial charge in [0, 0.05) is 18.6 Å². The van der Waals surface area contributed by atoms with Crippen molar-refractivity contribution in [1.29, 1.82) is 0 Å². The standard InChI is InChI=1S/C13H15N3O3S/c1-8(9-4-5-19-6-9)15-10-2-3-11-12(14-7-20-11)13(10)16(17)18/h2-3,7-9,15H,4-6H2,1H3. The molecule has 20 heavy (non-hydrogen) atoms. The molecule has 106 valence electrons. The molecule has 7 heteroatoms. The molecule has 3 rings (SSSR count). The molecule has 1 aliphatic heterocycles. The largest absolute Gasteiger partial charge is 0.381 e. The van der Waals surface area contributed by atoms with Gasteiger partial charge in [0.2, 0.25) is 0 Å². The number of nitro benzene ring substituents is 1. The maximum atomic E-state index is 11.3. The second-order valence-electron chi connectivity index (χ2n) is 4.97. The lowest BCUT2D eigenvalue weighted by Crippen LogP contribution is -2.26. The molecule has 2 heterocycles. The second kappa shape index (κ2) is 5.34. The Morgan fingerprint density at radius 2 is 2.45 bits per heavy atom. The molecule has 0 spiro atoms. The van der Waals surface area contributed by atoms with Crippen LogP contribution in [0.3, 0.4) is 0 Å². The molecular weight excluding hydrogens is 278 g/mol. The summed E-state index contributed by atoms with van der Waals surface area (Å²) in [6.07, 6.45) is 0.987. The van der Waals surface area contributed by atoms with Crippen LogP contribution in [0.25, 0.3) is 10.2 Å². The number of anilines is 1. The summed E-state index contributed by atoms with van der Waals surface area (Å²) in [7, 11) is 0. The Labute approximate surface area is 119 Å². The summed E-state index contributed by atoms with van der Waals surface area (Å²) in [4.78, 5) is 15.1. The zero-order valence-corrected chi connectivity index (χ0v) is 11.9. The summed E-state index contributed by atoms with van der Waals surface area (Å²) in [5, 5.41) is 14.6. The summed E-state index contributed by atoms with van der Waals surface area (Å²) in [6.45, 7) is 3.51. The first-order valence-corrected chi connectivity index (χ1v) is 7.39. The van der Waals surface area contributed by atoms with Gasteiger partial charge in [0.05, 0.1) is 21.7 Å². The maximum Gasteiger partial charge on any atom is 0.319 e. The minimum absolute atomic E-state index is 0.0644. The average molecular weight is 293 g/mol. The summed E-state index contributed by atoms with van der Waals surface area (Å²) in [5.41, 5.74) is 2.69. The molecule has 0 saturated carbocycles. The van der Waals surface area contributed by atoms with E-state index in [1.54, 1.807) is 11.6 Å². The fraction of sp³-hybridized carbons (Fsp3) is 0.462. The van der Waals surface area contributed by atoms with Crippen molar-refractivity contribution in [2.75, 3.05) is 18.5 Å². The fourth-order valence-corrected chi connectivity index (χ4v) is 3.21. The first kappa shape index (κ1) is 13.3. The topological polar surface area (TPSA) is 77.3 Å². The van der Waals surface area contributed by atoms with E-state index >= 15 is 0 Å². The van der Waals surface area contributed by atoms with Gasteiger partial charge in [-0.25, -0.2) is 4.98 Å². The van der Waals surface area contributed by atoms with E-state index in [9.17, 15) is 10.1 Å². The normalized spacial score (nSPS) is 20.1. The van der Waals surface area contributed by atoms with E-state index < -0.39 is 0 Å². The van der Waals surface area contributed by atoms with Gasteiger partial charge in [0.15, 0.2) is 5.52 Å². The number of fused-ring (bicyclic) bond motifs is 1. The Morgan fingerprint density at radius 3 is 3.15 bits per heavy atom. The van der Waals surface area contributed by atoms with Crippen molar-refractivity contribution in [1.82, 2.24) is 4.98 Å². The molecule has 1 aromatic carbocycles. The third-order valence-electron chi connectivity index (χ3n) is 3.71. The first-order valence-electron chi connectivity index (χ1n) is 6.51. The van der Waals surface area contributed by atoms with Crippen molar-refractivity contribution in [2.24, 2.45) is 5.92 Å². The summed E-state index contributed by atoms with van der Waals surface area (Å²) in [6, 6.07) is 3.78. The lowest BCUT2D eigenvalue weighted by atomic mass is 10.0. The van der Waals surface area contributed by atoms with Crippen LogP contribution in [0.5, 0.6) is 0 Å². The molecule has 2 unspecified atom stereocenters. The van der Waals surface area contributed by atoms with Crippen molar-refractivity contribution >= 4 is 32.9 Å². The SMILES string of the molecule is CC(Nc1ccc2scnc2c1[N+](=O)[O-])C1CCOC1. The molecule has 1 fully saturated rings. The molecule has 1 aromatic heterocycles. The molecule has 0 amide bonds. The van der Waals surface area contributed by atoms with Crippen molar-refractivity contribution in [3.8, 4) is 0 Å². The molecule has 2 aromatic rings. The van der Waals surface area contributed by atoms with Crippen molar-refractivity contribution in [3.05, 3.63) is 27.8 Å². The molecule has 0 aliphatic carbocycles. The van der Waals surface area contributed by atoms with Gasteiger partial charge in [-0.15, -0.1) is 11.3 Å². The average Bonchev–Trinajstić information content (AvgIpc) is 3.08. The monoisotopic (exact) mass is 293 g/mol. The van der Waals surface area contributed by atoms with Crippen LogP contribution < -0.4 is 5.32 Å². The Morgan fingerprint density at radius 1 is 1.60 bits per heavy atom. The van der Waals surface area contributed by atoms with Gasteiger partial charge in [-0.1, -0.05) is 0 Å². The molecule has 1 aliphatic rings. The zero-order chi connectivity index (χ0) is 14.1. The van der Waals surface area contributed by atoms with Gasteiger partial charge in [0.25, 0.3) is 0 Å². The van der Waals surface area contributed by atoms with Gasteiger partial charge in [-0.3, -0.25) is 10.1 Å². The third kappa shape index (κ3) is 2.34. The van der Waals surface area contributed by atoms with E-state index in [-0.39, 0.29) is 16.7 Å². The molecule has 0 radical (unpaired) electrons. The molecule has 1 N–H and O–H groups in total. The zero-order valence-electron chi connectivity index (χ0n) is 11.0. The highest BCUT2D eigenvalue weighted by Gasteiger charge is 2.26. The number of thiazole rings is 1. The predicted molar refractivity (Wildman–Crippen MR) is 78.3 cm³/mol.